The van der Waals surface area contributed by atoms with Gasteiger partial charge in [-0.05, 0) is 55.9 Å². The number of anilines is 2. The number of methoxy groups -OCH3 is 1. The van der Waals surface area contributed by atoms with Crippen molar-refractivity contribution in [2.24, 2.45) is 0 Å². The summed E-state index contributed by atoms with van der Waals surface area (Å²) in [5, 5.41) is 24.2. The van der Waals surface area contributed by atoms with Crippen LogP contribution in [0, 0.1) is 6.92 Å². The van der Waals surface area contributed by atoms with E-state index in [9.17, 15) is 23.4 Å². The number of aryl methyl sites for hydroxylation is 1. The number of rotatable bonds is 5. The second kappa shape index (κ2) is 8.88. The highest BCUT2D eigenvalue weighted by Gasteiger charge is 2.37. The van der Waals surface area contributed by atoms with Crippen LogP contribution in [0.15, 0.2) is 30.6 Å². The molecule has 1 saturated carbocycles. The van der Waals surface area contributed by atoms with Crippen LogP contribution in [-0.4, -0.2) is 38.4 Å². The van der Waals surface area contributed by atoms with Crippen molar-refractivity contribution < 1.29 is 28.1 Å². The van der Waals surface area contributed by atoms with Gasteiger partial charge < -0.3 is 20.3 Å². The van der Waals surface area contributed by atoms with E-state index < -0.39 is 23.2 Å². The van der Waals surface area contributed by atoms with Crippen LogP contribution < -0.4 is 10.1 Å². The number of nitrogens with one attached hydrogen (secondary N) is 1. The Bertz CT molecular complexity index is 1140. The van der Waals surface area contributed by atoms with E-state index in [1.807, 2.05) is 25.1 Å². The Morgan fingerprint density at radius 3 is 2.55 bits per heavy atom. The molecule has 0 unspecified atom stereocenters. The topological polar surface area (TPSA) is 100 Å². The van der Waals surface area contributed by atoms with Gasteiger partial charge in [0, 0.05) is 18.1 Å². The quantitative estimate of drug-likeness (QED) is 0.482. The molecule has 0 saturated heterocycles. The Balaban J connectivity index is 1.59. The molecule has 2 heterocycles. The lowest BCUT2D eigenvalue weighted by atomic mass is 9.84. The predicted molar refractivity (Wildman–Crippen MR) is 118 cm³/mol. The molecule has 3 N–H and O–H groups in total. The first-order valence-corrected chi connectivity index (χ1v) is 11.1. The van der Waals surface area contributed by atoms with Gasteiger partial charge in [0.05, 0.1) is 18.1 Å². The summed E-state index contributed by atoms with van der Waals surface area (Å²) in [6.07, 6.45) is -0.669. The number of aliphatic hydroxyl groups excluding tert-OH is 1. The number of halogens is 3. The smallest absolute Gasteiger partial charge is 0.423 e. The van der Waals surface area contributed by atoms with Gasteiger partial charge in [-0.15, -0.1) is 11.3 Å². The lowest BCUT2D eigenvalue weighted by Crippen LogP contribution is -2.33. The highest BCUT2D eigenvalue weighted by Crippen LogP contribution is 2.41. The first-order chi connectivity index (χ1) is 15.6. The minimum atomic E-state index is -4.62. The normalized spacial score (nSPS) is 21.1. The number of aromatic nitrogens is 3. The molecule has 4 rings (SSSR count). The molecule has 1 aliphatic carbocycles. The summed E-state index contributed by atoms with van der Waals surface area (Å²) in [5.74, 6) is -0.595. The van der Waals surface area contributed by atoms with Gasteiger partial charge in [0.25, 0.3) is 0 Å². The molecular formula is C22H23F3N4O3S. The van der Waals surface area contributed by atoms with Crippen molar-refractivity contribution in [1.82, 2.24) is 15.0 Å². The van der Waals surface area contributed by atoms with Gasteiger partial charge in [0.15, 0.2) is 0 Å². The first kappa shape index (κ1) is 23.4. The second-order valence-electron chi connectivity index (χ2n) is 8.12. The molecule has 1 aromatic carbocycles. The third-order valence-electron chi connectivity index (χ3n) is 5.56. The van der Waals surface area contributed by atoms with E-state index in [2.05, 4.69) is 20.3 Å². The monoisotopic (exact) mass is 480 g/mol. The standard InChI is InChI=1S/C22H23F3N4O3S/c1-12-7-13(17-11-26-19(33-17)21(31)5-3-15(30)4-6-21)9-14(8-12)28-20-27-10-16(22(23,24)25)18(29-20)32-2/h7-11,15,30-31H,3-6H2,1-2H3,(H,27,28,29)/t15-,21-. The molecule has 2 aromatic heterocycles. The molecule has 0 atom stereocenters. The van der Waals surface area contributed by atoms with Crippen molar-refractivity contribution in [2.45, 2.75) is 50.5 Å². The highest BCUT2D eigenvalue weighted by molar-refractivity contribution is 7.15. The Morgan fingerprint density at radius 1 is 1.15 bits per heavy atom. The number of hydrogen-bond donors (Lipinski definition) is 3. The summed E-state index contributed by atoms with van der Waals surface area (Å²) in [6.45, 7) is 1.89. The molecule has 0 bridgehead atoms. The third kappa shape index (κ3) is 5.10. The lowest BCUT2D eigenvalue weighted by Gasteiger charge is -2.32. The van der Waals surface area contributed by atoms with Gasteiger partial charge in [0.1, 0.15) is 16.2 Å². The molecule has 1 aliphatic rings. The molecular weight excluding hydrogens is 457 g/mol. The van der Waals surface area contributed by atoms with E-state index in [4.69, 9.17) is 4.74 Å². The summed E-state index contributed by atoms with van der Waals surface area (Å²) < 4.78 is 44.0. The molecule has 0 amide bonds. The van der Waals surface area contributed by atoms with E-state index in [1.54, 1.807) is 6.20 Å². The zero-order valence-corrected chi connectivity index (χ0v) is 18.8. The maximum absolute atomic E-state index is 13.1. The van der Waals surface area contributed by atoms with Crippen LogP contribution in [0.1, 0.15) is 41.8 Å². The van der Waals surface area contributed by atoms with Crippen molar-refractivity contribution in [2.75, 3.05) is 12.4 Å². The number of hydrogen-bond acceptors (Lipinski definition) is 8. The van der Waals surface area contributed by atoms with Crippen LogP contribution in [-0.2, 0) is 11.8 Å². The third-order valence-corrected chi connectivity index (χ3v) is 6.80. The molecule has 1 fully saturated rings. The summed E-state index contributed by atoms with van der Waals surface area (Å²) in [5.41, 5.74) is 0.229. The SMILES string of the molecule is COc1nc(Nc2cc(C)cc(-c3cnc([C@]4(O)CC[C@H](O)CC4)s3)c2)ncc1C(F)(F)F. The van der Waals surface area contributed by atoms with Gasteiger partial charge in [-0.3, -0.25) is 0 Å². The number of aliphatic hydroxyl groups is 2. The minimum Gasteiger partial charge on any atom is -0.480 e. The van der Waals surface area contributed by atoms with Crippen LogP contribution in [0.3, 0.4) is 0 Å². The largest absolute Gasteiger partial charge is 0.480 e. The van der Waals surface area contributed by atoms with Gasteiger partial charge in [-0.25, -0.2) is 9.97 Å². The second-order valence-corrected chi connectivity index (χ2v) is 9.15. The maximum Gasteiger partial charge on any atom is 0.423 e. The highest BCUT2D eigenvalue weighted by atomic mass is 32.1. The summed E-state index contributed by atoms with van der Waals surface area (Å²) in [4.78, 5) is 12.9. The molecule has 11 heteroatoms. The fraction of sp³-hybridized carbons (Fsp3) is 0.409. The van der Waals surface area contributed by atoms with E-state index in [-0.39, 0.29) is 12.1 Å². The van der Waals surface area contributed by atoms with Crippen molar-refractivity contribution in [3.05, 3.63) is 46.7 Å². The molecule has 0 radical (unpaired) electrons. The van der Waals surface area contributed by atoms with Crippen LogP contribution in [0.5, 0.6) is 5.88 Å². The minimum absolute atomic E-state index is 0.0310. The van der Waals surface area contributed by atoms with Crippen molar-refractivity contribution in [3.8, 4) is 16.3 Å². The first-order valence-electron chi connectivity index (χ1n) is 10.3. The van der Waals surface area contributed by atoms with Crippen LogP contribution in [0.4, 0.5) is 24.8 Å². The lowest BCUT2D eigenvalue weighted by molar-refractivity contribution is -0.139. The average molecular weight is 481 g/mol. The van der Waals surface area contributed by atoms with E-state index in [0.29, 0.717) is 42.6 Å². The summed E-state index contributed by atoms with van der Waals surface area (Å²) in [7, 11) is 1.12. The molecule has 176 valence electrons. The molecule has 0 aliphatic heterocycles. The fourth-order valence-corrected chi connectivity index (χ4v) is 4.87. The van der Waals surface area contributed by atoms with Crippen molar-refractivity contribution in [3.63, 3.8) is 0 Å². The van der Waals surface area contributed by atoms with Crippen LogP contribution >= 0.6 is 11.3 Å². The number of alkyl halides is 3. The van der Waals surface area contributed by atoms with E-state index in [0.717, 1.165) is 23.1 Å². The number of ether oxygens (including phenoxy) is 1. The van der Waals surface area contributed by atoms with Gasteiger partial charge in [-0.2, -0.15) is 18.2 Å². The molecule has 3 aromatic rings. The maximum atomic E-state index is 13.1. The van der Waals surface area contributed by atoms with E-state index in [1.165, 1.54) is 11.3 Å². The average Bonchev–Trinajstić information content (AvgIpc) is 3.26. The van der Waals surface area contributed by atoms with Gasteiger partial charge in [0.2, 0.25) is 11.8 Å². The Kier molecular flexibility index (Phi) is 6.30. The predicted octanol–water partition coefficient (Wildman–Crippen LogP) is 4.80. The van der Waals surface area contributed by atoms with Gasteiger partial charge in [-0.1, -0.05) is 6.07 Å². The number of thiazole rings is 1. The van der Waals surface area contributed by atoms with Gasteiger partial charge >= 0.3 is 6.18 Å². The zero-order valence-electron chi connectivity index (χ0n) is 18.0. The number of benzene rings is 1. The summed E-state index contributed by atoms with van der Waals surface area (Å²) in [6, 6.07) is 5.58. The van der Waals surface area contributed by atoms with E-state index >= 15 is 0 Å². The van der Waals surface area contributed by atoms with Crippen LogP contribution in [0.2, 0.25) is 0 Å². The summed E-state index contributed by atoms with van der Waals surface area (Å²) >= 11 is 1.38. The molecule has 7 nitrogen and oxygen atoms in total. The Labute approximate surface area is 192 Å². The van der Waals surface area contributed by atoms with Crippen molar-refractivity contribution >= 4 is 23.0 Å². The molecule has 0 spiro atoms. The molecule has 33 heavy (non-hydrogen) atoms. The Morgan fingerprint density at radius 2 is 1.88 bits per heavy atom. The number of nitrogens with zero attached hydrogens (tertiary/aromatic N) is 3. The van der Waals surface area contributed by atoms with Crippen molar-refractivity contribution in [1.29, 1.82) is 0 Å². The Hall–Kier alpha value is -2.76. The van der Waals surface area contributed by atoms with Crippen LogP contribution in [0.25, 0.3) is 10.4 Å². The zero-order chi connectivity index (χ0) is 23.8. The fourth-order valence-electron chi connectivity index (χ4n) is 3.82.